The van der Waals surface area contributed by atoms with E-state index < -0.39 is 11.2 Å². The van der Waals surface area contributed by atoms with Gasteiger partial charge in [0.05, 0.1) is 23.1 Å². The standard InChI is InChI=1S/C45H43NO3/c1-28-29(2)44(36-17-9-13-21-40(36)47-41-22-14-10-18-37(41)44)48-42(28)27-32-23-25-33(26-24-32)46-38-19-11-7-15-34(38)45(35-16-8-12-20-39(35)46)31(4)30(3)43(5,6)49-45/h7-9,11-13,15-26,42H,10,14,27H2,1-6H3. The van der Waals surface area contributed by atoms with E-state index in [-0.39, 0.29) is 11.7 Å². The van der Waals surface area contributed by atoms with Crippen LogP contribution in [-0.2, 0) is 27.1 Å². The maximum atomic E-state index is 7.25. The SMILES string of the molecule is CC1=C(C)C2(OC1Cc1ccc(N3c4ccccc4C4(OC(C)(C)C(C)=C4C)c4ccccc43)cc1)C1=CCCC=C1Oc1ccccc12. The summed E-state index contributed by atoms with van der Waals surface area (Å²) in [5.74, 6) is 1.83. The van der Waals surface area contributed by atoms with Crippen LogP contribution >= 0.6 is 0 Å². The van der Waals surface area contributed by atoms with Gasteiger partial charge in [0.15, 0.2) is 0 Å². The van der Waals surface area contributed by atoms with Crippen LogP contribution in [0.5, 0.6) is 5.75 Å². The van der Waals surface area contributed by atoms with E-state index in [0.717, 1.165) is 59.0 Å². The molecule has 0 radical (unpaired) electrons. The number of anilines is 3. The van der Waals surface area contributed by atoms with Crippen molar-refractivity contribution < 1.29 is 14.2 Å². The number of para-hydroxylation sites is 3. The van der Waals surface area contributed by atoms with E-state index in [1.165, 1.54) is 39.0 Å². The van der Waals surface area contributed by atoms with Gasteiger partial charge in [0.2, 0.25) is 0 Å². The van der Waals surface area contributed by atoms with Gasteiger partial charge in [-0.15, -0.1) is 0 Å². The van der Waals surface area contributed by atoms with Crippen molar-refractivity contribution in [3.8, 4) is 5.75 Å². The number of fused-ring (bicyclic) bond motifs is 8. The Kier molecular flexibility index (Phi) is 6.63. The molecule has 9 rings (SSSR count). The van der Waals surface area contributed by atoms with E-state index in [2.05, 4.69) is 150 Å². The van der Waals surface area contributed by atoms with Gasteiger partial charge in [-0.05, 0) is 119 Å². The molecule has 4 heterocycles. The number of nitrogens with zero attached hydrogens (tertiary/aromatic N) is 1. The molecular weight excluding hydrogens is 602 g/mol. The van der Waals surface area contributed by atoms with Crippen LogP contribution in [0.2, 0.25) is 0 Å². The zero-order valence-corrected chi connectivity index (χ0v) is 29.3. The van der Waals surface area contributed by atoms with Gasteiger partial charge < -0.3 is 19.1 Å². The minimum absolute atomic E-state index is 0.0433. The van der Waals surface area contributed by atoms with Gasteiger partial charge >= 0.3 is 0 Å². The summed E-state index contributed by atoms with van der Waals surface area (Å²) < 4.78 is 20.8. The monoisotopic (exact) mass is 645 g/mol. The van der Waals surface area contributed by atoms with Crippen LogP contribution in [0.3, 0.4) is 0 Å². The fourth-order valence-corrected chi connectivity index (χ4v) is 9.06. The Morgan fingerprint density at radius 1 is 0.653 bits per heavy atom. The smallest absolute Gasteiger partial charge is 0.147 e. The van der Waals surface area contributed by atoms with Gasteiger partial charge in [-0.3, -0.25) is 0 Å². The number of benzene rings is 4. The van der Waals surface area contributed by atoms with Crippen molar-refractivity contribution in [1.82, 2.24) is 0 Å². The Morgan fingerprint density at radius 3 is 1.92 bits per heavy atom. The fourth-order valence-electron chi connectivity index (χ4n) is 9.06. The molecule has 0 N–H and O–H groups in total. The molecule has 0 bridgehead atoms. The highest BCUT2D eigenvalue weighted by atomic mass is 16.5. The van der Waals surface area contributed by atoms with Crippen LogP contribution in [0.15, 0.2) is 143 Å². The largest absolute Gasteiger partial charge is 0.457 e. The van der Waals surface area contributed by atoms with Crippen LogP contribution in [0.4, 0.5) is 17.1 Å². The van der Waals surface area contributed by atoms with Crippen molar-refractivity contribution in [2.24, 2.45) is 0 Å². The molecule has 1 aliphatic carbocycles. The second-order valence-corrected chi connectivity index (χ2v) is 14.7. The van der Waals surface area contributed by atoms with E-state index in [9.17, 15) is 0 Å². The highest BCUT2D eigenvalue weighted by Crippen LogP contribution is 2.61. The molecule has 2 unspecified atom stereocenters. The maximum Gasteiger partial charge on any atom is 0.147 e. The molecule has 4 nitrogen and oxygen atoms in total. The normalized spacial score (nSPS) is 24.3. The number of allylic oxidation sites excluding steroid dienone is 2. The summed E-state index contributed by atoms with van der Waals surface area (Å²) in [4.78, 5) is 2.40. The Labute approximate surface area is 290 Å². The third-order valence-electron chi connectivity index (χ3n) is 12.0. The average molecular weight is 646 g/mol. The van der Waals surface area contributed by atoms with Gasteiger partial charge in [-0.2, -0.15) is 0 Å². The minimum atomic E-state index is -0.625. The first kappa shape index (κ1) is 30.4. The Morgan fingerprint density at radius 2 is 1.27 bits per heavy atom. The fraction of sp³-hybridized carbons (Fsp3) is 0.289. The van der Waals surface area contributed by atoms with Crippen molar-refractivity contribution in [2.45, 2.75) is 83.7 Å². The number of hydrogen-bond acceptors (Lipinski definition) is 4. The van der Waals surface area contributed by atoms with Gasteiger partial charge in [-0.1, -0.05) is 72.8 Å². The van der Waals surface area contributed by atoms with Gasteiger partial charge in [-0.25, -0.2) is 0 Å². The van der Waals surface area contributed by atoms with E-state index in [1.807, 2.05) is 6.07 Å². The van der Waals surface area contributed by atoms with Crippen molar-refractivity contribution in [1.29, 1.82) is 0 Å². The molecule has 0 saturated carbocycles. The molecule has 2 atom stereocenters. The van der Waals surface area contributed by atoms with E-state index in [1.54, 1.807) is 0 Å². The molecule has 4 heteroatoms. The lowest BCUT2D eigenvalue weighted by Gasteiger charge is -2.45. The maximum absolute atomic E-state index is 7.25. The summed E-state index contributed by atoms with van der Waals surface area (Å²) in [7, 11) is 0. The predicted octanol–water partition coefficient (Wildman–Crippen LogP) is 11.0. The van der Waals surface area contributed by atoms with Gasteiger partial charge in [0.25, 0.3) is 0 Å². The molecule has 0 fully saturated rings. The van der Waals surface area contributed by atoms with Crippen molar-refractivity contribution in [3.63, 3.8) is 0 Å². The van der Waals surface area contributed by atoms with Crippen LogP contribution in [0, 0.1) is 0 Å². The lowest BCUT2D eigenvalue weighted by Crippen LogP contribution is -2.39. The van der Waals surface area contributed by atoms with Crippen molar-refractivity contribution >= 4 is 17.1 Å². The number of rotatable bonds is 3. The van der Waals surface area contributed by atoms with E-state index in [0.29, 0.717) is 0 Å². The summed E-state index contributed by atoms with van der Waals surface area (Å²) in [5, 5.41) is 0. The molecule has 246 valence electrons. The third-order valence-corrected chi connectivity index (χ3v) is 12.0. The Hall–Kier alpha value is -4.64. The zero-order chi connectivity index (χ0) is 33.7. The first-order valence-corrected chi connectivity index (χ1v) is 17.7. The molecule has 4 aromatic carbocycles. The highest BCUT2D eigenvalue weighted by molar-refractivity contribution is 5.87. The Bertz CT molecular complexity index is 2120. The summed E-state index contributed by atoms with van der Waals surface area (Å²) >= 11 is 0. The molecule has 4 aliphatic heterocycles. The van der Waals surface area contributed by atoms with Crippen LogP contribution in [0.1, 0.15) is 76.6 Å². The van der Waals surface area contributed by atoms with Gasteiger partial charge in [0, 0.05) is 34.4 Å². The second kappa shape index (κ2) is 10.7. The van der Waals surface area contributed by atoms with Crippen molar-refractivity contribution in [2.75, 3.05) is 4.90 Å². The molecule has 0 amide bonds. The molecule has 0 aromatic heterocycles. The minimum Gasteiger partial charge on any atom is -0.457 e. The first-order chi connectivity index (χ1) is 23.7. The van der Waals surface area contributed by atoms with Crippen LogP contribution < -0.4 is 9.64 Å². The number of ether oxygens (including phenoxy) is 3. The van der Waals surface area contributed by atoms with Gasteiger partial charge in [0.1, 0.15) is 22.7 Å². The molecule has 4 aromatic rings. The third kappa shape index (κ3) is 4.11. The van der Waals surface area contributed by atoms with Crippen molar-refractivity contribution in [3.05, 3.63) is 165 Å². The topological polar surface area (TPSA) is 30.9 Å². The zero-order valence-electron chi connectivity index (χ0n) is 29.3. The van der Waals surface area contributed by atoms with E-state index in [4.69, 9.17) is 14.2 Å². The first-order valence-electron chi connectivity index (χ1n) is 17.7. The number of hydrogen-bond donors (Lipinski definition) is 0. The molecule has 49 heavy (non-hydrogen) atoms. The molecule has 0 saturated heterocycles. The van der Waals surface area contributed by atoms with E-state index >= 15 is 0 Å². The average Bonchev–Trinajstić information content (AvgIpc) is 3.47. The summed E-state index contributed by atoms with van der Waals surface area (Å²) in [5.41, 5.74) is 12.8. The molecule has 2 spiro atoms. The molecule has 5 aliphatic rings. The summed E-state index contributed by atoms with van der Waals surface area (Å²) in [6, 6.07) is 34.9. The second-order valence-electron chi connectivity index (χ2n) is 14.7. The summed E-state index contributed by atoms with van der Waals surface area (Å²) in [6.07, 6.45) is 7.29. The summed E-state index contributed by atoms with van der Waals surface area (Å²) in [6.45, 7) is 13.3. The highest BCUT2D eigenvalue weighted by Gasteiger charge is 2.55. The van der Waals surface area contributed by atoms with Crippen LogP contribution in [0.25, 0.3) is 0 Å². The van der Waals surface area contributed by atoms with Crippen LogP contribution in [-0.4, -0.2) is 11.7 Å². The quantitative estimate of drug-likeness (QED) is 0.208. The lowest BCUT2D eigenvalue weighted by atomic mass is 9.75. The predicted molar refractivity (Wildman–Crippen MR) is 197 cm³/mol. The Balaban J connectivity index is 1.07. The lowest BCUT2D eigenvalue weighted by molar-refractivity contribution is -0.0582. The molecular formula is C45H43NO3.